The molecule has 1 saturated heterocycles. The van der Waals surface area contributed by atoms with Crippen LogP contribution in [0.2, 0.25) is 0 Å². The largest absolute Gasteiger partial charge is 0.472 e. The highest BCUT2D eigenvalue weighted by Gasteiger charge is 2.19. The summed E-state index contributed by atoms with van der Waals surface area (Å²) in [6, 6.07) is 10.4. The van der Waals surface area contributed by atoms with Crippen LogP contribution in [0.15, 0.2) is 51.7 Å². The summed E-state index contributed by atoms with van der Waals surface area (Å²) in [6.07, 6.45) is 0. The van der Waals surface area contributed by atoms with Gasteiger partial charge in [0.2, 0.25) is 5.88 Å². The van der Waals surface area contributed by atoms with Crippen LogP contribution >= 0.6 is 28.3 Å². The summed E-state index contributed by atoms with van der Waals surface area (Å²) < 4.78 is 34.1. The number of aryl methyl sites for hydroxylation is 1. The van der Waals surface area contributed by atoms with Crippen molar-refractivity contribution in [1.82, 2.24) is 19.8 Å². The van der Waals surface area contributed by atoms with Gasteiger partial charge in [0.15, 0.2) is 0 Å². The van der Waals surface area contributed by atoms with Gasteiger partial charge in [-0.2, -0.15) is 4.98 Å². The number of carbonyl (C=O) groups excluding carboxylic acids is 1. The summed E-state index contributed by atoms with van der Waals surface area (Å²) in [7, 11) is 0. The average molecular weight is 570 g/mol. The number of ether oxygens (including phenoxy) is 1. The summed E-state index contributed by atoms with van der Waals surface area (Å²) >= 11 is 3.23. The molecule has 1 aliphatic heterocycles. The highest BCUT2D eigenvalue weighted by molar-refractivity contribution is 9.10. The molecule has 7 nitrogen and oxygen atoms in total. The van der Waals surface area contributed by atoms with Crippen molar-refractivity contribution in [3.63, 3.8) is 0 Å². The number of piperazine rings is 1. The van der Waals surface area contributed by atoms with Crippen LogP contribution in [0, 0.1) is 18.6 Å². The number of carbonyl (C=O) groups is 1. The number of aromatic nitrogens is 2. The number of nitrogens with one attached hydrogen (secondary N) is 1. The molecule has 186 valence electrons. The molecule has 2 aromatic carbocycles. The van der Waals surface area contributed by atoms with E-state index in [9.17, 15) is 18.4 Å². The minimum Gasteiger partial charge on any atom is -0.472 e. The van der Waals surface area contributed by atoms with E-state index in [1.165, 1.54) is 10.6 Å². The zero-order chi connectivity index (χ0) is 24.2. The first-order valence-corrected chi connectivity index (χ1v) is 11.6. The molecule has 1 amide bonds. The minimum atomic E-state index is -0.739. The van der Waals surface area contributed by atoms with Gasteiger partial charge in [0.25, 0.3) is 11.5 Å². The first kappa shape index (κ1) is 26.8. The third-order valence-corrected chi connectivity index (χ3v) is 6.25. The van der Waals surface area contributed by atoms with Crippen molar-refractivity contribution in [1.29, 1.82) is 0 Å². The third kappa shape index (κ3) is 6.25. The zero-order valence-corrected chi connectivity index (χ0v) is 21.3. The Morgan fingerprint density at radius 2 is 1.91 bits per heavy atom. The molecule has 11 heteroatoms. The van der Waals surface area contributed by atoms with E-state index in [0.29, 0.717) is 24.5 Å². The molecular formula is C24H24BrClF2N4O3. The van der Waals surface area contributed by atoms with Crippen LogP contribution < -0.4 is 15.6 Å². The number of hydrogen-bond donors (Lipinski definition) is 1. The molecule has 35 heavy (non-hydrogen) atoms. The van der Waals surface area contributed by atoms with Crippen LogP contribution in [-0.4, -0.2) is 46.5 Å². The molecule has 1 fully saturated rings. The van der Waals surface area contributed by atoms with Gasteiger partial charge in [-0.25, -0.2) is 8.78 Å². The van der Waals surface area contributed by atoms with Gasteiger partial charge in [0.05, 0.1) is 6.54 Å². The SMILES string of the molecule is Cc1nc(OCc2ccc(F)cc2F)c(Br)c(=O)n1Cc1cccc(C(=O)N2CCNCC2)c1.Cl. The van der Waals surface area contributed by atoms with Gasteiger partial charge < -0.3 is 15.0 Å². The molecule has 0 bridgehead atoms. The first-order valence-electron chi connectivity index (χ1n) is 10.8. The second-order valence-electron chi connectivity index (χ2n) is 7.94. The predicted molar refractivity (Wildman–Crippen MR) is 133 cm³/mol. The Labute approximate surface area is 215 Å². The Balaban J connectivity index is 0.00000342. The smallest absolute Gasteiger partial charge is 0.272 e. The second-order valence-corrected chi connectivity index (χ2v) is 8.73. The third-order valence-electron chi connectivity index (χ3n) is 5.57. The molecule has 0 saturated carbocycles. The van der Waals surface area contributed by atoms with Gasteiger partial charge in [-0.3, -0.25) is 14.2 Å². The number of benzene rings is 2. The summed E-state index contributed by atoms with van der Waals surface area (Å²) in [5.41, 5.74) is 1.11. The number of nitrogens with zero attached hydrogens (tertiary/aromatic N) is 3. The summed E-state index contributed by atoms with van der Waals surface area (Å²) in [5.74, 6) is -1.05. The maximum absolute atomic E-state index is 13.9. The van der Waals surface area contributed by atoms with E-state index >= 15 is 0 Å². The summed E-state index contributed by atoms with van der Waals surface area (Å²) in [5, 5.41) is 3.22. The van der Waals surface area contributed by atoms with Gasteiger partial charge in [-0.05, 0) is 52.7 Å². The number of halogens is 4. The molecular weight excluding hydrogens is 546 g/mol. The molecule has 1 aliphatic rings. The molecule has 0 atom stereocenters. The Bertz CT molecular complexity index is 1280. The second kappa shape index (κ2) is 11.7. The molecule has 0 unspecified atom stereocenters. The average Bonchev–Trinajstić information content (AvgIpc) is 2.84. The molecule has 4 rings (SSSR count). The lowest BCUT2D eigenvalue weighted by molar-refractivity contribution is 0.0735. The fraction of sp³-hybridized carbons (Fsp3) is 0.292. The Hall–Kier alpha value is -2.82. The summed E-state index contributed by atoms with van der Waals surface area (Å²) in [4.78, 5) is 32.0. The quantitative estimate of drug-likeness (QED) is 0.490. The predicted octanol–water partition coefficient (Wildman–Crippen LogP) is 3.69. The number of hydrogen-bond acceptors (Lipinski definition) is 5. The lowest BCUT2D eigenvalue weighted by atomic mass is 10.1. The van der Waals surface area contributed by atoms with Gasteiger partial charge in [0, 0.05) is 43.4 Å². The summed E-state index contributed by atoms with van der Waals surface area (Å²) in [6.45, 7) is 4.50. The lowest BCUT2D eigenvalue weighted by Crippen LogP contribution is -2.46. The van der Waals surface area contributed by atoms with Crippen molar-refractivity contribution in [2.45, 2.75) is 20.1 Å². The first-order chi connectivity index (χ1) is 16.3. The molecule has 0 spiro atoms. The van der Waals surface area contributed by atoms with Gasteiger partial charge in [0.1, 0.15) is 28.5 Å². The van der Waals surface area contributed by atoms with Crippen LogP contribution in [0.5, 0.6) is 5.88 Å². The fourth-order valence-electron chi connectivity index (χ4n) is 3.72. The van der Waals surface area contributed by atoms with Crippen LogP contribution in [0.4, 0.5) is 8.78 Å². The maximum atomic E-state index is 13.9. The highest BCUT2D eigenvalue weighted by Crippen LogP contribution is 2.21. The zero-order valence-electron chi connectivity index (χ0n) is 18.9. The normalized spacial score (nSPS) is 13.3. The molecule has 1 N–H and O–H groups in total. The monoisotopic (exact) mass is 568 g/mol. The fourth-order valence-corrected chi connectivity index (χ4v) is 4.13. The van der Waals surface area contributed by atoms with E-state index < -0.39 is 11.6 Å². The topological polar surface area (TPSA) is 76.5 Å². The van der Waals surface area contributed by atoms with Crippen molar-refractivity contribution >= 4 is 34.2 Å². The van der Waals surface area contributed by atoms with Crippen molar-refractivity contribution in [3.05, 3.63) is 91.4 Å². The number of amides is 1. The van der Waals surface area contributed by atoms with E-state index in [0.717, 1.165) is 30.8 Å². The van der Waals surface area contributed by atoms with Crippen molar-refractivity contribution in [2.24, 2.45) is 0 Å². The van der Waals surface area contributed by atoms with Crippen molar-refractivity contribution < 1.29 is 18.3 Å². The van der Waals surface area contributed by atoms with Crippen LogP contribution in [0.25, 0.3) is 0 Å². The molecule has 3 aromatic rings. The van der Waals surface area contributed by atoms with Gasteiger partial charge in [-0.15, -0.1) is 12.4 Å². The van der Waals surface area contributed by atoms with Crippen LogP contribution in [0.1, 0.15) is 27.3 Å². The van der Waals surface area contributed by atoms with Crippen molar-refractivity contribution in [3.8, 4) is 5.88 Å². The van der Waals surface area contributed by atoms with Gasteiger partial charge >= 0.3 is 0 Å². The van der Waals surface area contributed by atoms with E-state index in [4.69, 9.17) is 4.74 Å². The van der Waals surface area contributed by atoms with Crippen LogP contribution in [-0.2, 0) is 13.2 Å². The van der Waals surface area contributed by atoms with Gasteiger partial charge in [-0.1, -0.05) is 12.1 Å². The van der Waals surface area contributed by atoms with E-state index in [-0.39, 0.29) is 52.9 Å². The van der Waals surface area contributed by atoms with Crippen molar-refractivity contribution in [2.75, 3.05) is 26.2 Å². The molecule has 1 aromatic heterocycles. The van der Waals surface area contributed by atoms with E-state index in [2.05, 4.69) is 26.2 Å². The van der Waals surface area contributed by atoms with Crippen LogP contribution in [0.3, 0.4) is 0 Å². The molecule has 2 heterocycles. The molecule has 0 aliphatic carbocycles. The van der Waals surface area contributed by atoms with E-state index in [1.54, 1.807) is 30.0 Å². The number of rotatable bonds is 6. The lowest BCUT2D eigenvalue weighted by Gasteiger charge is -2.27. The van der Waals surface area contributed by atoms with E-state index in [1.807, 2.05) is 6.07 Å². The Morgan fingerprint density at radius 3 is 2.63 bits per heavy atom. The standard InChI is InChI=1S/C24H23BrF2N4O3.ClH/c1-15-29-22(34-14-18-5-6-19(26)12-20(18)27)21(25)24(33)31(15)13-16-3-2-4-17(11-16)23(32)30-9-7-28-8-10-30;/h2-6,11-12,28H,7-10,13-14H2,1H3;1H. The highest BCUT2D eigenvalue weighted by atomic mass is 79.9. The Kier molecular flexibility index (Phi) is 8.98. The minimum absolute atomic E-state index is 0. The maximum Gasteiger partial charge on any atom is 0.272 e. The Morgan fingerprint density at radius 1 is 1.17 bits per heavy atom. The molecule has 0 radical (unpaired) electrons.